The summed E-state index contributed by atoms with van der Waals surface area (Å²) in [6, 6.07) is 10.8. The molecule has 0 spiro atoms. The van der Waals surface area contributed by atoms with E-state index in [2.05, 4.69) is 41.4 Å². The van der Waals surface area contributed by atoms with Crippen LogP contribution in [-0.4, -0.2) is 76.7 Å². The van der Waals surface area contributed by atoms with Crippen LogP contribution < -0.4 is 14.8 Å². The molecule has 1 fully saturated rings. The van der Waals surface area contributed by atoms with Gasteiger partial charge in [-0.15, -0.1) is 0 Å². The van der Waals surface area contributed by atoms with Crippen molar-refractivity contribution >= 4 is 5.82 Å². The number of nitrogens with one attached hydrogen (secondary N) is 1. The zero-order valence-corrected chi connectivity index (χ0v) is 23.0. The topological polar surface area (TPSA) is 65.1 Å². The molecular weight excluding hydrogens is 466 g/mol. The van der Waals surface area contributed by atoms with E-state index in [1.807, 2.05) is 6.07 Å². The summed E-state index contributed by atoms with van der Waals surface area (Å²) in [5.74, 6) is 3.96. The molecule has 2 atom stereocenters. The van der Waals surface area contributed by atoms with Crippen molar-refractivity contribution in [2.45, 2.75) is 51.4 Å². The summed E-state index contributed by atoms with van der Waals surface area (Å²) in [6.07, 6.45) is 6.97. The summed E-state index contributed by atoms with van der Waals surface area (Å²) >= 11 is 0. The van der Waals surface area contributed by atoms with Crippen molar-refractivity contribution in [3.05, 3.63) is 47.2 Å². The number of hydrogen-bond acceptors (Lipinski definition) is 7. The van der Waals surface area contributed by atoms with E-state index in [1.54, 1.807) is 14.2 Å². The van der Waals surface area contributed by atoms with Gasteiger partial charge in [0.05, 0.1) is 13.2 Å². The predicted octanol–water partition coefficient (Wildman–Crippen LogP) is 4.94. The second-order valence-electron chi connectivity index (χ2n) is 10.3. The SMILES string of the molecule is CCC(CN1CCC(CCc2ccc3c(n2)NCCC3)C1)c1cc(OCCOC)cc(OCCOC)c1. The molecule has 1 saturated heterocycles. The highest BCUT2D eigenvalue weighted by Crippen LogP contribution is 2.32. The number of benzene rings is 1. The van der Waals surface area contributed by atoms with Crippen LogP contribution in [0.4, 0.5) is 5.82 Å². The highest BCUT2D eigenvalue weighted by molar-refractivity contribution is 5.47. The molecule has 2 aliphatic heterocycles. The van der Waals surface area contributed by atoms with Gasteiger partial charge in [-0.05, 0) is 86.2 Å². The molecule has 1 aromatic heterocycles. The number of hydrogen-bond donors (Lipinski definition) is 1. The van der Waals surface area contributed by atoms with E-state index in [9.17, 15) is 0 Å². The fraction of sp³-hybridized carbons (Fsp3) is 0.633. The Morgan fingerprint density at radius 2 is 1.78 bits per heavy atom. The Hall–Kier alpha value is -2.35. The van der Waals surface area contributed by atoms with Crippen LogP contribution in [0.2, 0.25) is 0 Å². The van der Waals surface area contributed by atoms with Crippen molar-refractivity contribution < 1.29 is 18.9 Å². The summed E-state index contributed by atoms with van der Waals surface area (Å²) in [6.45, 7) is 8.90. The molecule has 2 unspecified atom stereocenters. The zero-order chi connectivity index (χ0) is 25.9. The van der Waals surface area contributed by atoms with Crippen LogP contribution in [0.5, 0.6) is 11.5 Å². The lowest BCUT2D eigenvalue weighted by atomic mass is 9.95. The minimum absolute atomic E-state index is 0.433. The minimum atomic E-state index is 0.433. The van der Waals surface area contributed by atoms with E-state index < -0.39 is 0 Å². The van der Waals surface area contributed by atoms with Gasteiger partial charge in [0.1, 0.15) is 30.5 Å². The predicted molar refractivity (Wildman–Crippen MR) is 148 cm³/mol. The van der Waals surface area contributed by atoms with Gasteiger partial charge in [-0.2, -0.15) is 0 Å². The minimum Gasteiger partial charge on any atom is -0.491 e. The van der Waals surface area contributed by atoms with Gasteiger partial charge in [0.25, 0.3) is 0 Å². The van der Waals surface area contributed by atoms with Gasteiger partial charge in [-0.25, -0.2) is 4.98 Å². The molecule has 0 aliphatic carbocycles. The van der Waals surface area contributed by atoms with Crippen molar-refractivity contribution in [1.82, 2.24) is 9.88 Å². The third-order valence-corrected chi connectivity index (χ3v) is 7.59. The Morgan fingerprint density at radius 3 is 2.49 bits per heavy atom. The number of pyridine rings is 1. The number of rotatable bonds is 15. The first kappa shape index (κ1) is 27.7. The number of fused-ring (bicyclic) bond motifs is 1. The lowest BCUT2D eigenvalue weighted by Crippen LogP contribution is -2.26. The molecule has 0 saturated carbocycles. The van der Waals surface area contributed by atoms with Crippen LogP contribution in [0.15, 0.2) is 30.3 Å². The van der Waals surface area contributed by atoms with Crippen LogP contribution in [0.3, 0.4) is 0 Å². The maximum Gasteiger partial charge on any atom is 0.129 e. The molecule has 0 bridgehead atoms. The number of ether oxygens (including phenoxy) is 4. The smallest absolute Gasteiger partial charge is 0.129 e. The van der Waals surface area contributed by atoms with Crippen molar-refractivity contribution in [3.63, 3.8) is 0 Å². The van der Waals surface area contributed by atoms with Crippen LogP contribution in [-0.2, 0) is 22.3 Å². The second-order valence-corrected chi connectivity index (χ2v) is 10.3. The first-order valence-electron chi connectivity index (χ1n) is 14.0. The Kier molecular flexibility index (Phi) is 10.9. The van der Waals surface area contributed by atoms with Crippen LogP contribution in [0.25, 0.3) is 0 Å². The maximum atomic E-state index is 5.96. The fourth-order valence-electron chi connectivity index (χ4n) is 5.44. The van der Waals surface area contributed by atoms with Crippen molar-refractivity contribution in [1.29, 1.82) is 0 Å². The van der Waals surface area contributed by atoms with Gasteiger partial charge in [0.2, 0.25) is 0 Å². The van der Waals surface area contributed by atoms with Crippen molar-refractivity contribution in [3.8, 4) is 11.5 Å². The lowest BCUT2D eigenvalue weighted by molar-refractivity contribution is 0.142. The van der Waals surface area contributed by atoms with Gasteiger partial charge < -0.3 is 29.2 Å². The maximum absolute atomic E-state index is 5.96. The third-order valence-electron chi connectivity index (χ3n) is 7.59. The second kappa shape index (κ2) is 14.6. The molecule has 2 aromatic rings. The molecule has 0 radical (unpaired) electrons. The van der Waals surface area contributed by atoms with E-state index in [0.29, 0.717) is 32.3 Å². The fourth-order valence-corrected chi connectivity index (χ4v) is 5.44. The molecule has 4 rings (SSSR count). The molecule has 7 nitrogen and oxygen atoms in total. The van der Waals surface area contributed by atoms with Crippen molar-refractivity contribution in [2.24, 2.45) is 5.92 Å². The summed E-state index contributed by atoms with van der Waals surface area (Å²) in [4.78, 5) is 7.54. The van der Waals surface area contributed by atoms with Crippen LogP contribution in [0.1, 0.15) is 55.3 Å². The molecular formula is C30H45N3O4. The Labute approximate surface area is 222 Å². The summed E-state index contributed by atoms with van der Waals surface area (Å²) in [5, 5.41) is 3.47. The average Bonchev–Trinajstić information content (AvgIpc) is 3.38. The lowest BCUT2D eigenvalue weighted by Gasteiger charge is -2.24. The van der Waals surface area contributed by atoms with E-state index >= 15 is 0 Å². The normalized spacial score (nSPS) is 18.3. The molecule has 2 aliphatic rings. The summed E-state index contributed by atoms with van der Waals surface area (Å²) < 4.78 is 22.2. The molecule has 7 heteroatoms. The number of methoxy groups -OCH3 is 2. The highest BCUT2D eigenvalue weighted by Gasteiger charge is 2.25. The van der Waals surface area contributed by atoms with Crippen LogP contribution in [0, 0.1) is 5.92 Å². The first-order valence-corrected chi connectivity index (χ1v) is 14.0. The molecule has 1 N–H and O–H groups in total. The van der Waals surface area contributed by atoms with E-state index in [4.69, 9.17) is 23.9 Å². The third kappa shape index (κ3) is 8.32. The van der Waals surface area contributed by atoms with Gasteiger partial charge in [-0.3, -0.25) is 0 Å². The molecule has 1 aromatic carbocycles. The zero-order valence-electron chi connectivity index (χ0n) is 23.0. The van der Waals surface area contributed by atoms with Gasteiger partial charge in [0, 0.05) is 45.6 Å². The number of aromatic nitrogens is 1. The Bertz CT molecular complexity index is 942. The van der Waals surface area contributed by atoms with Gasteiger partial charge >= 0.3 is 0 Å². The quantitative estimate of drug-likeness (QED) is 0.340. The van der Waals surface area contributed by atoms with Crippen LogP contribution >= 0.6 is 0 Å². The number of nitrogens with zero attached hydrogens (tertiary/aromatic N) is 2. The Balaban J connectivity index is 1.32. The molecule has 0 amide bonds. The molecule has 3 heterocycles. The van der Waals surface area contributed by atoms with Gasteiger partial charge in [0.15, 0.2) is 0 Å². The highest BCUT2D eigenvalue weighted by atomic mass is 16.5. The average molecular weight is 512 g/mol. The van der Waals surface area contributed by atoms with E-state index in [-0.39, 0.29) is 0 Å². The monoisotopic (exact) mass is 511 g/mol. The van der Waals surface area contributed by atoms with E-state index in [0.717, 1.165) is 55.6 Å². The van der Waals surface area contributed by atoms with E-state index in [1.165, 1.54) is 49.2 Å². The molecule has 204 valence electrons. The largest absolute Gasteiger partial charge is 0.491 e. The first-order chi connectivity index (χ1) is 18.2. The Morgan fingerprint density at radius 1 is 1.03 bits per heavy atom. The molecule has 37 heavy (non-hydrogen) atoms. The summed E-state index contributed by atoms with van der Waals surface area (Å²) in [5.41, 5.74) is 3.87. The number of aryl methyl sites for hydroxylation is 2. The summed E-state index contributed by atoms with van der Waals surface area (Å²) in [7, 11) is 3.38. The van der Waals surface area contributed by atoms with Gasteiger partial charge in [-0.1, -0.05) is 13.0 Å². The standard InChI is InChI=1S/C30H45N3O4/c1-4-24(26-18-28(36-16-14-34-2)20-29(19-26)37-17-15-35-3)22-33-13-11-23(21-33)7-9-27-10-8-25-6-5-12-31-30(25)32-27/h8,10,18-20,23-24H,4-7,9,11-17,21-22H2,1-3H3,(H,31,32). The number of anilines is 1. The van der Waals surface area contributed by atoms with Crippen molar-refractivity contribution in [2.75, 3.05) is 72.1 Å². The number of likely N-dealkylation sites (tertiary alicyclic amines) is 1.